The molecule has 0 saturated carbocycles. The second-order valence-electron chi connectivity index (χ2n) is 7.87. The molecular formula is C21H25ClFN3O3S. The number of hydrogen-bond acceptors (Lipinski definition) is 3. The summed E-state index contributed by atoms with van der Waals surface area (Å²) in [7, 11) is -3.66. The molecule has 2 aromatic rings. The van der Waals surface area contributed by atoms with E-state index < -0.39 is 15.4 Å². The van der Waals surface area contributed by atoms with Crippen molar-refractivity contribution in [3.05, 3.63) is 64.9 Å². The lowest BCUT2D eigenvalue weighted by atomic mass is 9.84. The van der Waals surface area contributed by atoms with Crippen molar-refractivity contribution in [2.24, 2.45) is 0 Å². The Kier molecular flexibility index (Phi) is 6.69. The molecule has 2 amide bonds. The van der Waals surface area contributed by atoms with E-state index in [1.807, 2.05) is 13.8 Å². The molecule has 162 valence electrons. The number of piperazine rings is 1. The topological polar surface area (TPSA) is 69.7 Å². The molecule has 1 aliphatic heterocycles. The summed E-state index contributed by atoms with van der Waals surface area (Å²) in [4.78, 5) is 14.3. The van der Waals surface area contributed by atoms with Crippen LogP contribution in [0.1, 0.15) is 19.4 Å². The van der Waals surface area contributed by atoms with Crippen molar-refractivity contribution < 1.29 is 17.6 Å². The van der Waals surface area contributed by atoms with Crippen LogP contribution < -0.4 is 5.32 Å². The number of nitrogens with zero attached hydrogens (tertiary/aromatic N) is 2. The van der Waals surface area contributed by atoms with Crippen LogP contribution in [0.15, 0.2) is 53.4 Å². The van der Waals surface area contributed by atoms with Crippen LogP contribution in [0.2, 0.25) is 5.02 Å². The molecule has 0 radical (unpaired) electrons. The molecule has 1 N–H and O–H groups in total. The third-order valence-electron chi connectivity index (χ3n) is 5.24. The standard InChI is InChI=1S/C21H25ClFN3O3S/c1-21(2,18-8-3-4-9-19(18)23)15-24-20(27)25-10-12-26(13-11-25)30(28,29)17-7-5-6-16(22)14-17/h3-9,14H,10-13,15H2,1-2H3,(H,24,27). The smallest absolute Gasteiger partial charge is 0.317 e. The maximum absolute atomic E-state index is 14.1. The normalized spacial score (nSPS) is 15.8. The van der Waals surface area contributed by atoms with Crippen LogP contribution in [0.4, 0.5) is 9.18 Å². The first-order valence-electron chi connectivity index (χ1n) is 9.65. The van der Waals surface area contributed by atoms with Crippen LogP contribution in [0.5, 0.6) is 0 Å². The highest BCUT2D eigenvalue weighted by Gasteiger charge is 2.31. The van der Waals surface area contributed by atoms with Gasteiger partial charge in [0.05, 0.1) is 4.90 Å². The zero-order chi connectivity index (χ0) is 21.9. The molecule has 3 rings (SSSR count). The highest BCUT2D eigenvalue weighted by molar-refractivity contribution is 7.89. The van der Waals surface area contributed by atoms with Crippen molar-refractivity contribution in [3.8, 4) is 0 Å². The van der Waals surface area contributed by atoms with Gasteiger partial charge < -0.3 is 10.2 Å². The first kappa shape index (κ1) is 22.5. The SMILES string of the molecule is CC(C)(CNC(=O)N1CCN(S(=O)(=O)c2cccc(Cl)c2)CC1)c1ccccc1F. The number of nitrogens with one attached hydrogen (secondary N) is 1. The fourth-order valence-corrected chi connectivity index (χ4v) is 5.15. The molecule has 1 fully saturated rings. The molecule has 1 aliphatic rings. The Morgan fingerprint density at radius 3 is 2.40 bits per heavy atom. The summed E-state index contributed by atoms with van der Waals surface area (Å²) in [6, 6.07) is 12.3. The number of amides is 2. The number of rotatable bonds is 5. The van der Waals surface area contributed by atoms with Gasteiger partial charge in [0, 0.05) is 43.2 Å². The van der Waals surface area contributed by atoms with E-state index in [-0.39, 0.29) is 49.5 Å². The number of sulfonamides is 1. The van der Waals surface area contributed by atoms with Crippen LogP contribution in [-0.4, -0.2) is 56.4 Å². The van der Waals surface area contributed by atoms with Crippen molar-refractivity contribution in [1.82, 2.24) is 14.5 Å². The highest BCUT2D eigenvalue weighted by Crippen LogP contribution is 2.25. The second kappa shape index (κ2) is 8.91. The number of carbonyl (C=O) groups is 1. The van der Waals surface area contributed by atoms with E-state index in [0.29, 0.717) is 10.6 Å². The van der Waals surface area contributed by atoms with Crippen LogP contribution in [0, 0.1) is 5.82 Å². The molecule has 0 aliphatic carbocycles. The van der Waals surface area contributed by atoms with Gasteiger partial charge in [0.25, 0.3) is 0 Å². The average Bonchev–Trinajstić information content (AvgIpc) is 2.72. The Morgan fingerprint density at radius 1 is 1.10 bits per heavy atom. The minimum absolute atomic E-state index is 0.138. The van der Waals surface area contributed by atoms with Gasteiger partial charge >= 0.3 is 6.03 Å². The van der Waals surface area contributed by atoms with Gasteiger partial charge in [-0.2, -0.15) is 4.31 Å². The minimum Gasteiger partial charge on any atom is -0.337 e. The summed E-state index contributed by atoms with van der Waals surface area (Å²) in [5, 5.41) is 3.20. The lowest BCUT2D eigenvalue weighted by molar-refractivity contribution is 0.170. The monoisotopic (exact) mass is 453 g/mol. The maximum atomic E-state index is 14.1. The summed E-state index contributed by atoms with van der Waals surface area (Å²) < 4.78 is 41.0. The van der Waals surface area contributed by atoms with Crippen LogP contribution in [0.25, 0.3) is 0 Å². The lowest BCUT2D eigenvalue weighted by Gasteiger charge is -2.35. The van der Waals surface area contributed by atoms with Gasteiger partial charge in [-0.1, -0.05) is 49.7 Å². The van der Waals surface area contributed by atoms with Crippen LogP contribution in [0.3, 0.4) is 0 Å². The Balaban J connectivity index is 1.57. The largest absolute Gasteiger partial charge is 0.337 e. The predicted molar refractivity (Wildman–Crippen MR) is 115 cm³/mol. The number of halogens is 2. The van der Waals surface area contributed by atoms with Crippen molar-refractivity contribution in [3.63, 3.8) is 0 Å². The van der Waals surface area contributed by atoms with Gasteiger partial charge in [-0.15, -0.1) is 0 Å². The van der Waals surface area contributed by atoms with Crippen molar-refractivity contribution in [2.75, 3.05) is 32.7 Å². The highest BCUT2D eigenvalue weighted by atomic mass is 35.5. The minimum atomic E-state index is -3.66. The summed E-state index contributed by atoms with van der Waals surface area (Å²) in [6.07, 6.45) is 0. The van der Waals surface area contributed by atoms with Gasteiger partial charge in [-0.25, -0.2) is 17.6 Å². The fraction of sp³-hybridized carbons (Fsp3) is 0.381. The van der Waals surface area contributed by atoms with E-state index in [1.54, 1.807) is 35.2 Å². The summed E-state index contributed by atoms with van der Waals surface area (Å²) in [5.74, 6) is -0.309. The first-order valence-corrected chi connectivity index (χ1v) is 11.5. The Morgan fingerprint density at radius 2 is 1.77 bits per heavy atom. The summed E-state index contributed by atoms with van der Waals surface area (Å²) in [6.45, 7) is 4.91. The third-order valence-corrected chi connectivity index (χ3v) is 7.37. The van der Waals surface area contributed by atoms with Gasteiger partial charge in [-0.3, -0.25) is 0 Å². The molecule has 6 nitrogen and oxygen atoms in total. The Bertz CT molecular complexity index is 1020. The molecular weight excluding hydrogens is 429 g/mol. The van der Waals surface area contributed by atoms with Crippen molar-refractivity contribution in [1.29, 1.82) is 0 Å². The zero-order valence-electron chi connectivity index (χ0n) is 16.9. The zero-order valence-corrected chi connectivity index (χ0v) is 18.5. The molecule has 0 bridgehead atoms. The molecule has 0 aromatic heterocycles. The van der Waals surface area contributed by atoms with E-state index in [4.69, 9.17) is 11.6 Å². The fourth-order valence-electron chi connectivity index (χ4n) is 3.42. The van der Waals surface area contributed by atoms with Gasteiger partial charge in [0.2, 0.25) is 10.0 Å². The molecule has 9 heteroatoms. The van der Waals surface area contributed by atoms with Crippen LogP contribution in [-0.2, 0) is 15.4 Å². The molecule has 0 spiro atoms. The summed E-state index contributed by atoms with van der Waals surface area (Å²) >= 11 is 5.91. The van der Waals surface area contributed by atoms with Gasteiger partial charge in [0.1, 0.15) is 5.82 Å². The molecule has 30 heavy (non-hydrogen) atoms. The van der Waals surface area contributed by atoms with E-state index in [0.717, 1.165) is 0 Å². The number of urea groups is 1. The van der Waals surface area contributed by atoms with E-state index >= 15 is 0 Å². The molecule has 0 atom stereocenters. The van der Waals surface area contributed by atoms with Gasteiger partial charge in [0.15, 0.2) is 0 Å². The molecule has 1 saturated heterocycles. The Labute approximate surface area is 181 Å². The number of benzene rings is 2. The second-order valence-corrected chi connectivity index (χ2v) is 10.2. The van der Waals surface area contributed by atoms with E-state index in [1.165, 1.54) is 22.5 Å². The number of carbonyl (C=O) groups excluding carboxylic acids is 1. The van der Waals surface area contributed by atoms with E-state index in [9.17, 15) is 17.6 Å². The van der Waals surface area contributed by atoms with Crippen molar-refractivity contribution >= 4 is 27.7 Å². The molecule has 2 aromatic carbocycles. The Hall–Kier alpha value is -2.16. The average molecular weight is 454 g/mol. The van der Waals surface area contributed by atoms with Crippen molar-refractivity contribution in [2.45, 2.75) is 24.2 Å². The van der Waals surface area contributed by atoms with E-state index in [2.05, 4.69) is 5.32 Å². The van der Waals surface area contributed by atoms with Gasteiger partial charge in [-0.05, 0) is 29.8 Å². The third kappa shape index (κ3) is 4.94. The summed E-state index contributed by atoms with van der Waals surface area (Å²) in [5.41, 5.74) is -0.0543. The quantitative estimate of drug-likeness (QED) is 0.753. The first-order chi connectivity index (χ1) is 14.1. The maximum Gasteiger partial charge on any atom is 0.317 e. The van der Waals surface area contributed by atoms with Crippen LogP contribution >= 0.6 is 11.6 Å². The predicted octanol–water partition coefficient (Wildman–Crippen LogP) is 3.47. The molecule has 0 unspecified atom stereocenters. The molecule has 1 heterocycles. The lowest BCUT2D eigenvalue weighted by Crippen LogP contribution is -2.54. The number of hydrogen-bond donors (Lipinski definition) is 1.